The molecule has 17 heavy (non-hydrogen) atoms. The third-order valence-electron chi connectivity index (χ3n) is 4.84. The van der Waals surface area contributed by atoms with Gasteiger partial charge >= 0.3 is 0 Å². The van der Waals surface area contributed by atoms with E-state index in [0.29, 0.717) is 0 Å². The van der Waals surface area contributed by atoms with Gasteiger partial charge in [0.1, 0.15) is 0 Å². The first-order chi connectivity index (χ1) is 7.70. The molecule has 1 unspecified atom stereocenters. The van der Waals surface area contributed by atoms with E-state index in [0.717, 1.165) is 10.6 Å². The van der Waals surface area contributed by atoms with E-state index < -0.39 is 16.1 Å². The van der Waals surface area contributed by atoms with Crippen LogP contribution in [0.3, 0.4) is 0 Å². The third-order valence-corrected chi connectivity index (χ3v) is 15.8. The molecular weight excluding hydrogens is 236 g/mol. The first kappa shape index (κ1) is 13.1. The summed E-state index contributed by atoms with van der Waals surface area (Å²) in [5, 5.41) is 0. The summed E-state index contributed by atoms with van der Waals surface area (Å²) in [6, 6.07) is 11.2. The molecule has 1 aromatic carbocycles. The molecule has 1 fully saturated rings. The molecule has 1 aromatic rings. The molecular formula is C15H26Si2. The molecule has 1 aliphatic carbocycles. The van der Waals surface area contributed by atoms with E-state index in [2.05, 4.69) is 69.6 Å². The van der Waals surface area contributed by atoms with E-state index in [4.69, 9.17) is 0 Å². The Labute approximate surface area is 108 Å². The lowest BCUT2D eigenvalue weighted by atomic mass is 10.1. The lowest BCUT2D eigenvalue weighted by Gasteiger charge is -2.40. The predicted octanol–water partition coefficient (Wildman–Crippen LogP) is 5.13. The quantitative estimate of drug-likeness (QED) is 0.662. The van der Waals surface area contributed by atoms with E-state index in [1.807, 2.05) is 0 Å². The second-order valence-corrected chi connectivity index (χ2v) is 18.9. The van der Waals surface area contributed by atoms with Crippen LogP contribution in [0.5, 0.6) is 0 Å². The average Bonchev–Trinajstić information content (AvgIpc) is 2.93. The SMILES string of the molecule is C[Si](C)(C)C1([Si](C)(C)C)CC1c1ccccc1. The molecule has 94 valence electrons. The lowest BCUT2D eigenvalue weighted by molar-refractivity contribution is 1.02. The fourth-order valence-corrected chi connectivity index (χ4v) is 17.2. The first-order valence-electron chi connectivity index (χ1n) is 6.75. The van der Waals surface area contributed by atoms with Crippen LogP contribution < -0.4 is 0 Å². The topological polar surface area (TPSA) is 0 Å². The van der Waals surface area contributed by atoms with Crippen LogP contribution in [0.1, 0.15) is 17.9 Å². The van der Waals surface area contributed by atoms with Crippen molar-refractivity contribution in [1.82, 2.24) is 0 Å². The van der Waals surface area contributed by atoms with Crippen molar-refractivity contribution >= 4 is 16.1 Å². The van der Waals surface area contributed by atoms with Crippen molar-refractivity contribution in [3.05, 3.63) is 35.9 Å². The maximum atomic E-state index is 2.58. The van der Waals surface area contributed by atoms with Gasteiger partial charge in [0.15, 0.2) is 0 Å². The number of hydrogen-bond acceptors (Lipinski definition) is 0. The molecule has 0 radical (unpaired) electrons. The highest BCUT2D eigenvalue weighted by Crippen LogP contribution is 2.75. The van der Waals surface area contributed by atoms with Crippen LogP contribution in [0, 0.1) is 0 Å². The van der Waals surface area contributed by atoms with Crippen molar-refractivity contribution in [3.63, 3.8) is 0 Å². The molecule has 1 saturated carbocycles. The van der Waals surface area contributed by atoms with Gasteiger partial charge in [-0.05, 0) is 22.6 Å². The van der Waals surface area contributed by atoms with Gasteiger partial charge in [0.2, 0.25) is 0 Å². The van der Waals surface area contributed by atoms with Crippen molar-refractivity contribution in [1.29, 1.82) is 0 Å². The summed E-state index contributed by atoms with van der Waals surface area (Å²) in [4.78, 5) is 0. The highest BCUT2D eigenvalue weighted by Gasteiger charge is 2.67. The molecule has 0 amide bonds. The van der Waals surface area contributed by atoms with Crippen LogP contribution in [0.4, 0.5) is 0 Å². The van der Waals surface area contributed by atoms with Crippen molar-refractivity contribution in [3.8, 4) is 0 Å². The fraction of sp³-hybridized carbons (Fsp3) is 0.600. The van der Waals surface area contributed by atoms with Crippen LogP contribution in [-0.4, -0.2) is 16.1 Å². The normalized spacial score (nSPS) is 23.5. The van der Waals surface area contributed by atoms with E-state index in [9.17, 15) is 0 Å². The van der Waals surface area contributed by atoms with E-state index in [1.54, 1.807) is 5.56 Å². The maximum Gasteiger partial charge on any atom is 0.0485 e. The summed E-state index contributed by atoms with van der Waals surface area (Å²) in [6.07, 6.45) is 1.46. The predicted molar refractivity (Wildman–Crippen MR) is 83.2 cm³/mol. The molecule has 2 heteroatoms. The lowest BCUT2D eigenvalue weighted by Crippen LogP contribution is -2.46. The van der Waals surface area contributed by atoms with Gasteiger partial charge in [-0.2, -0.15) is 0 Å². The molecule has 0 bridgehead atoms. The molecule has 0 aliphatic heterocycles. The van der Waals surface area contributed by atoms with Crippen LogP contribution in [0.2, 0.25) is 43.9 Å². The maximum absolute atomic E-state index is 2.58. The summed E-state index contributed by atoms with van der Waals surface area (Å²) >= 11 is 0. The Hall–Kier alpha value is -0.346. The Kier molecular flexibility index (Phi) is 2.94. The van der Waals surface area contributed by atoms with Gasteiger partial charge in [0.25, 0.3) is 0 Å². The van der Waals surface area contributed by atoms with Gasteiger partial charge in [-0.1, -0.05) is 69.6 Å². The van der Waals surface area contributed by atoms with Crippen molar-refractivity contribution in [2.75, 3.05) is 0 Å². The fourth-order valence-electron chi connectivity index (χ4n) is 4.13. The van der Waals surface area contributed by atoms with Crippen molar-refractivity contribution < 1.29 is 0 Å². The summed E-state index contributed by atoms with van der Waals surface area (Å²) in [5.74, 6) is 0.863. The second kappa shape index (κ2) is 3.82. The van der Waals surface area contributed by atoms with Gasteiger partial charge in [0.05, 0.1) is 0 Å². The molecule has 1 atom stereocenters. The van der Waals surface area contributed by atoms with Crippen molar-refractivity contribution in [2.24, 2.45) is 0 Å². The number of hydrogen-bond donors (Lipinski definition) is 0. The van der Waals surface area contributed by atoms with Gasteiger partial charge < -0.3 is 0 Å². The highest BCUT2D eigenvalue weighted by atomic mass is 28.4. The molecule has 2 rings (SSSR count). The summed E-state index contributed by atoms with van der Waals surface area (Å²) in [6.45, 7) is 15.5. The van der Waals surface area contributed by atoms with Crippen LogP contribution in [-0.2, 0) is 0 Å². The molecule has 1 aliphatic rings. The first-order valence-corrected chi connectivity index (χ1v) is 13.7. The van der Waals surface area contributed by atoms with E-state index in [1.165, 1.54) is 6.42 Å². The minimum atomic E-state index is -1.09. The monoisotopic (exact) mass is 262 g/mol. The van der Waals surface area contributed by atoms with E-state index in [-0.39, 0.29) is 0 Å². The zero-order valence-corrected chi connectivity index (χ0v) is 14.2. The van der Waals surface area contributed by atoms with Crippen LogP contribution >= 0.6 is 0 Å². The number of rotatable bonds is 3. The summed E-state index contributed by atoms with van der Waals surface area (Å²) in [5.41, 5.74) is 1.59. The zero-order chi connectivity index (χ0) is 12.9. The molecule has 0 heterocycles. The average molecular weight is 263 g/mol. The minimum Gasteiger partial charge on any atom is -0.0693 e. The van der Waals surface area contributed by atoms with Crippen LogP contribution in [0.15, 0.2) is 30.3 Å². The molecule has 0 aromatic heterocycles. The Morgan fingerprint density at radius 3 is 1.71 bits per heavy atom. The summed E-state index contributed by atoms with van der Waals surface area (Å²) in [7, 11) is -2.19. The Bertz CT molecular complexity index is 381. The second-order valence-electron chi connectivity index (χ2n) is 7.64. The molecule has 0 nitrogen and oxygen atoms in total. The molecule has 0 saturated heterocycles. The smallest absolute Gasteiger partial charge is 0.0485 e. The van der Waals surface area contributed by atoms with Gasteiger partial charge in [-0.25, -0.2) is 0 Å². The molecule has 0 spiro atoms. The standard InChI is InChI=1S/C15H26Si2/c1-16(2,3)15(17(4,5)6)12-14(15)13-10-8-7-9-11-13/h7-11,14H,12H2,1-6H3. The zero-order valence-electron chi connectivity index (χ0n) is 12.2. The van der Waals surface area contributed by atoms with Crippen LogP contribution in [0.25, 0.3) is 0 Å². The third kappa shape index (κ3) is 1.95. The van der Waals surface area contributed by atoms with Gasteiger partial charge in [-0.3, -0.25) is 0 Å². The Morgan fingerprint density at radius 2 is 1.35 bits per heavy atom. The Morgan fingerprint density at radius 1 is 0.882 bits per heavy atom. The highest BCUT2D eigenvalue weighted by molar-refractivity contribution is 7.00. The van der Waals surface area contributed by atoms with Gasteiger partial charge in [-0.15, -0.1) is 0 Å². The van der Waals surface area contributed by atoms with E-state index >= 15 is 0 Å². The largest absolute Gasteiger partial charge is 0.0693 e. The number of benzene rings is 1. The molecule has 0 N–H and O–H groups in total. The minimum absolute atomic E-state index is 0.724. The van der Waals surface area contributed by atoms with Gasteiger partial charge in [0, 0.05) is 16.1 Å². The van der Waals surface area contributed by atoms with Crippen molar-refractivity contribution in [2.45, 2.75) is 56.3 Å². The summed E-state index contributed by atoms with van der Waals surface area (Å²) < 4.78 is 0.724. The Balaban J connectivity index is 2.38.